The molecule has 3 rings (SSSR count). The maximum atomic E-state index is 14.1. The number of rotatable bonds is 12. The highest BCUT2D eigenvalue weighted by Gasteiger charge is 2.29. The molecule has 7 nitrogen and oxygen atoms in total. The zero-order chi connectivity index (χ0) is 24.5. The highest BCUT2D eigenvalue weighted by atomic mass is 19.1. The molecule has 1 unspecified atom stereocenters. The fourth-order valence-corrected chi connectivity index (χ4v) is 4.09. The molecule has 0 aliphatic carbocycles. The van der Waals surface area contributed by atoms with Crippen molar-refractivity contribution in [2.75, 3.05) is 53.1 Å². The summed E-state index contributed by atoms with van der Waals surface area (Å²) < 4.78 is 38.5. The predicted octanol–water partition coefficient (Wildman–Crippen LogP) is 2.16. The average molecular weight is 479 g/mol. The highest BCUT2D eigenvalue weighted by Crippen LogP contribution is 2.26. The van der Waals surface area contributed by atoms with Crippen molar-refractivity contribution in [3.8, 4) is 5.75 Å². The molecular formula is C25H32F2N2O5. The zero-order valence-corrected chi connectivity index (χ0v) is 19.3. The largest absolute Gasteiger partial charge is 0.491 e. The molecule has 2 N–H and O–H groups in total. The second-order valence-corrected chi connectivity index (χ2v) is 8.34. The van der Waals surface area contributed by atoms with Crippen LogP contribution >= 0.6 is 0 Å². The van der Waals surface area contributed by atoms with Crippen molar-refractivity contribution < 1.29 is 33.3 Å². The third-order valence-electron chi connectivity index (χ3n) is 5.95. The molecule has 34 heavy (non-hydrogen) atoms. The number of nitrogens with zero attached hydrogens (tertiary/aromatic N) is 2. The summed E-state index contributed by atoms with van der Waals surface area (Å²) in [6.07, 6.45) is 0.675. The summed E-state index contributed by atoms with van der Waals surface area (Å²) >= 11 is 0. The molecule has 1 heterocycles. The van der Waals surface area contributed by atoms with E-state index in [9.17, 15) is 13.6 Å². The van der Waals surface area contributed by atoms with Crippen LogP contribution in [0.25, 0.3) is 0 Å². The van der Waals surface area contributed by atoms with Gasteiger partial charge in [-0.2, -0.15) is 0 Å². The molecule has 2 atom stereocenters. The number of halogens is 2. The number of amides is 1. The van der Waals surface area contributed by atoms with Crippen LogP contribution in [0.5, 0.6) is 5.75 Å². The van der Waals surface area contributed by atoms with Gasteiger partial charge in [0.05, 0.1) is 38.4 Å². The lowest BCUT2D eigenvalue weighted by Gasteiger charge is -2.32. The van der Waals surface area contributed by atoms with Crippen LogP contribution in [0.2, 0.25) is 0 Å². The smallest absolute Gasteiger partial charge is 0.227 e. The van der Waals surface area contributed by atoms with E-state index in [-0.39, 0.29) is 49.9 Å². The van der Waals surface area contributed by atoms with Gasteiger partial charge in [-0.15, -0.1) is 0 Å². The van der Waals surface area contributed by atoms with Gasteiger partial charge in [0.25, 0.3) is 0 Å². The number of aliphatic hydroxyl groups is 2. The molecule has 2 aromatic carbocycles. The lowest BCUT2D eigenvalue weighted by Crippen LogP contribution is -2.39. The van der Waals surface area contributed by atoms with Gasteiger partial charge in [-0.05, 0) is 35.7 Å². The Labute approximate surface area is 198 Å². The summed E-state index contributed by atoms with van der Waals surface area (Å²) in [6, 6.07) is 10.2. The molecule has 2 aromatic rings. The summed E-state index contributed by atoms with van der Waals surface area (Å²) in [4.78, 5) is 16.9. The minimum Gasteiger partial charge on any atom is -0.491 e. The normalized spacial score (nSPS) is 17.0. The molecule has 0 radical (unpaired) electrons. The number of carbonyl (C=O) groups is 1. The van der Waals surface area contributed by atoms with E-state index in [0.717, 1.165) is 30.7 Å². The number of likely N-dealkylation sites (tertiary alicyclic amines) is 1. The molecule has 1 saturated heterocycles. The summed E-state index contributed by atoms with van der Waals surface area (Å²) in [5.41, 5.74) is 1.02. The maximum absolute atomic E-state index is 14.1. The number of benzene rings is 2. The van der Waals surface area contributed by atoms with Crippen molar-refractivity contribution in [1.82, 2.24) is 9.80 Å². The lowest BCUT2D eigenvalue weighted by molar-refractivity contribution is -0.131. The van der Waals surface area contributed by atoms with E-state index in [1.165, 1.54) is 6.07 Å². The summed E-state index contributed by atoms with van der Waals surface area (Å²) in [6.45, 7) is 2.38. The molecule has 1 aliphatic heterocycles. The molecule has 9 heteroatoms. The van der Waals surface area contributed by atoms with Gasteiger partial charge in [0.1, 0.15) is 24.0 Å². The zero-order valence-electron chi connectivity index (χ0n) is 19.3. The minimum atomic E-state index is -0.743. The molecule has 186 valence electrons. The third kappa shape index (κ3) is 7.20. The molecule has 1 fully saturated rings. The van der Waals surface area contributed by atoms with Crippen LogP contribution in [0, 0.1) is 11.6 Å². The second kappa shape index (κ2) is 12.8. The Morgan fingerprint density at radius 2 is 1.88 bits per heavy atom. The van der Waals surface area contributed by atoms with Gasteiger partial charge in [-0.1, -0.05) is 18.2 Å². The summed E-state index contributed by atoms with van der Waals surface area (Å²) in [5.74, 6) is -1.11. The Morgan fingerprint density at radius 3 is 2.56 bits per heavy atom. The molecule has 1 aliphatic rings. The van der Waals surface area contributed by atoms with Crippen LogP contribution in [0.15, 0.2) is 42.5 Å². The Kier molecular flexibility index (Phi) is 9.76. The van der Waals surface area contributed by atoms with E-state index in [2.05, 4.69) is 4.90 Å². The Balaban J connectivity index is 1.75. The van der Waals surface area contributed by atoms with Gasteiger partial charge in [-0.25, -0.2) is 8.78 Å². The second-order valence-electron chi connectivity index (χ2n) is 8.34. The minimum absolute atomic E-state index is 0.0244. The molecule has 0 bridgehead atoms. The maximum Gasteiger partial charge on any atom is 0.227 e. The molecular weight excluding hydrogens is 446 g/mol. The van der Waals surface area contributed by atoms with Crippen LogP contribution < -0.4 is 4.74 Å². The molecule has 0 saturated carbocycles. The first-order chi connectivity index (χ1) is 16.4. The molecule has 0 spiro atoms. The van der Waals surface area contributed by atoms with E-state index in [1.54, 1.807) is 24.1 Å². The standard InChI is InChI=1S/C25H32F2N2O5/c1-28(25(32)14-19-2-5-20(26)15-23(19)27)24(17-29-9-8-22(16-29)34-13-11-31)18-3-6-21(7-4-18)33-12-10-30/h2-7,15,22,24,30-31H,8-14,16-17H2,1H3/t22?,24-/m1/s1. The fourth-order valence-electron chi connectivity index (χ4n) is 4.09. The van der Waals surface area contributed by atoms with Crippen LogP contribution in [0.3, 0.4) is 0 Å². The SMILES string of the molecule is CN(C(=O)Cc1ccc(F)cc1F)[C@H](CN1CCC(OCCO)C1)c1ccc(OCCO)cc1. The van der Waals surface area contributed by atoms with Crippen LogP contribution in [0.4, 0.5) is 8.78 Å². The van der Waals surface area contributed by atoms with Gasteiger partial charge < -0.3 is 24.6 Å². The van der Waals surface area contributed by atoms with Gasteiger partial charge in [0.2, 0.25) is 5.91 Å². The van der Waals surface area contributed by atoms with Crippen LogP contribution in [0.1, 0.15) is 23.6 Å². The third-order valence-corrected chi connectivity index (χ3v) is 5.95. The van der Waals surface area contributed by atoms with Crippen molar-refractivity contribution in [3.63, 3.8) is 0 Å². The monoisotopic (exact) mass is 478 g/mol. The first kappa shape index (κ1) is 26.0. The Hall–Kier alpha value is -2.59. The van der Waals surface area contributed by atoms with Crippen LogP contribution in [-0.4, -0.2) is 85.1 Å². The van der Waals surface area contributed by atoms with Gasteiger partial charge >= 0.3 is 0 Å². The number of ether oxygens (including phenoxy) is 2. The highest BCUT2D eigenvalue weighted by molar-refractivity contribution is 5.79. The van der Waals surface area contributed by atoms with E-state index in [4.69, 9.17) is 19.7 Å². The van der Waals surface area contributed by atoms with Crippen molar-refractivity contribution in [2.45, 2.75) is 25.0 Å². The Morgan fingerprint density at radius 1 is 1.15 bits per heavy atom. The van der Waals surface area contributed by atoms with Crippen molar-refractivity contribution in [3.05, 3.63) is 65.2 Å². The topological polar surface area (TPSA) is 82.5 Å². The Bertz CT molecular complexity index is 928. The summed E-state index contributed by atoms with van der Waals surface area (Å²) in [7, 11) is 1.68. The van der Waals surface area contributed by atoms with Gasteiger partial charge in [-0.3, -0.25) is 9.69 Å². The van der Waals surface area contributed by atoms with Crippen molar-refractivity contribution in [1.29, 1.82) is 0 Å². The van der Waals surface area contributed by atoms with Crippen molar-refractivity contribution >= 4 is 5.91 Å². The van der Waals surface area contributed by atoms with Crippen molar-refractivity contribution in [2.24, 2.45) is 0 Å². The first-order valence-corrected chi connectivity index (χ1v) is 11.4. The van der Waals surface area contributed by atoms with E-state index in [0.29, 0.717) is 25.4 Å². The quantitative estimate of drug-likeness (QED) is 0.487. The molecule has 0 aromatic heterocycles. The fraction of sp³-hybridized carbons (Fsp3) is 0.480. The van der Waals surface area contributed by atoms with E-state index >= 15 is 0 Å². The van der Waals surface area contributed by atoms with Crippen LogP contribution in [-0.2, 0) is 16.0 Å². The molecule has 1 amide bonds. The lowest BCUT2D eigenvalue weighted by atomic mass is 10.0. The first-order valence-electron chi connectivity index (χ1n) is 11.4. The number of likely N-dealkylation sites (N-methyl/N-ethyl adjacent to an activating group) is 1. The average Bonchev–Trinajstić information content (AvgIpc) is 3.29. The van der Waals surface area contributed by atoms with Gasteiger partial charge in [0, 0.05) is 32.7 Å². The number of carbonyl (C=O) groups excluding carboxylic acids is 1. The van der Waals surface area contributed by atoms with E-state index in [1.807, 2.05) is 12.1 Å². The predicted molar refractivity (Wildman–Crippen MR) is 122 cm³/mol. The number of hydrogen-bond acceptors (Lipinski definition) is 6. The van der Waals surface area contributed by atoms with E-state index < -0.39 is 11.6 Å². The number of hydrogen-bond donors (Lipinski definition) is 2. The number of aliphatic hydroxyl groups excluding tert-OH is 2. The van der Waals surface area contributed by atoms with Gasteiger partial charge in [0.15, 0.2) is 0 Å². The summed E-state index contributed by atoms with van der Waals surface area (Å²) in [5, 5.41) is 17.9.